The monoisotopic (exact) mass is 238 g/mol. The summed E-state index contributed by atoms with van der Waals surface area (Å²) in [6.45, 7) is 0. The molecule has 0 heterocycles. The average molecular weight is 238 g/mol. The van der Waals surface area contributed by atoms with Gasteiger partial charge >= 0.3 is 5.97 Å². The van der Waals surface area contributed by atoms with Gasteiger partial charge in [0.05, 0.1) is 11.8 Å². The lowest BCUT2D eigenvalue weighted by molar-refractivity contribution is -0.269. The van der Waals surface area contributed by atoms with Gasteiger partial charge in [0.25, 0.3) is 0 Å². The minimum atomic E-state index is -1.28. The summed E-state index contributed by atoms with van der Waals surface area (Å²) in [5.74, 6) is -1.88. The van der Waals surface area contributed by atoms with E-state index < -0.39 is 11.7 Å². The number of benzene rings is 1. The maximum Gasteiger partial charge on any atom is 0.335 e. The molecule has 0 amide bonds. The molecule has 1 rings (SSSR count). The summed E-state index contributed by atoms with van der Waals surface area (Å²) in [5.41, 5.74) is 7.21. The third-order valence-corrected chi connectivity index (χ3v) is 1.75. The van der Waals surface area contributed by atoms with Crippen LogP contribution in [0.3, 0.4) is 0 Å². The molecule has 0 saturated carbocycles. The third-order valence-electron chi connectivity index (χ3n) is 1.65. The number of carboxylic acid groups (broad SMARTS) is 1. The minimum absolute atomic E-state index is 0.0434. The molecule has 1 aromatic carbocycles. The van der Waals surface area contributed by atoms with E-state index in [-0.39, 0.29) is 16.2 Å². The Balaban J connectivity index is 2.97. The summed E-state index contributed by atoms with van der Waals surface area (Å²) in [5, 5.41) is 23.7. The Morgan fingerprint density at radius 2 is 2.31 bits per heavy atom. The fraction of sp³-hybridized carbons (Fsp3) is 0. The molecule has 0 unspecified atom stereocenters. The van der Waals surface area contributed by atoms with Gasteiger partial charge in [-0.2, -0.15) is 5.10 Å². The number of aromatic carboxylic acids is 1. The van der Waals surface area contributed by atoms with E-state index in [9.17, 15) is 9.90 Å². The van der Waals surface area contributed by atoms with Crippen molar-refractivity contribution in [2.45, 2.75) is 0 Å². The molecule has 0 atom stereocenters. The standard InChI is InChI=1S/C9H9N3O3S/c10-9(16)12-11-4-5-2-1-3-6(7(5)13)8(14)15/h1-4,13H,(H,14,15)(H3,10,12,16)/p-1/b11-4+. The van der Waals surface area contributed by atoms with Crippen LogP contribution in [0.1, 0.15) is 15.9 Å². The first-order valence-corrected chi connectivity index (χ1v) is 4.55. The predicted molar refractivity (Wildman–Crippen MR) is 60.4 cm³/mol. The van der Waals surface area contributed by atoms with Crippen molar-refractivity contribution in [1.82, 2.24) is 5.43 Å². The van der Waals surface area contributed by atoms with E-state index in [0.29, 0.717) is 0 Å². The molecule has 0 aromatic heterocycles. The number of hydrogen-bond donors (Lipinski definition) is 3. The van der Waals surface area contributed by atoms with Crippen LogP contribution in [0.2, 0.25) is 0 Å². The Bertz CT molecular complexity index is 459. The van der Waals surface area contributed by atoms with Crippen LogP contribution >= 0.6 is 12.2 Å². The van der Waals surface area contributed by atoms with Gasteiger partial charge in [0.1, 0.15) is 0 Å². The first kappa shape index (κ1) is 11.9. The number of carbonyl (C=O) groups is 1. The zero-order chi connectivity index (χ0) is 12.1. The fourth-order valence-corrected chi connectivity index (χ4v) is 1.04. The van der Waals surface area contributed by atoms with Gasteiger partial charge in [0, 0.05) is 0 Å². The second-order valence-corrected chi connectivity index (χ2v) is 3.20. The SMILES string of the molecule is NC(=S)N/N=C/c1cccc(C(=O)O)c1[O-]. The number of thiocarbonyl (C=S) groups is 1. The van der Waals surface area contributed by atoms with Crippen molar-refractivity contribution in [2.24, 2.45) is 10.8 Å². The van der Waals surface area contributed by atoms with E-state index in [2.05, 4.69) is 22.7 Å². The van der Waals surface area contributed by atoms with Gasteiger partial charge in [-0.25, -0.2) is 4.79 Å². The van der Waals surface area contributed by atoms with E-state index in [4.69, 9.17) is 10.8 Å². The number of para-hydroxylation sites is 1. The molecule has 84 valence electrons. The highest BCUT2D eigenvalue weighted by Gasteiger charge is 2.04. The maximum atomic E-state index is 11.5. The van der Waals surface area contributed by atoms with E-state index in [1.807, 2.05) is 0 Å². The molecule has 0 aliphatic carbocycles. The molecule has 0 bridgehead atoms. The van der Waals surface area contributed by atoms with E-state index >= 15 is 0 Å². The average Bonchev–Trinajstić information content (AvgIpc) is 2.19. The Kier molecular flexibility index (Phi) is 3.78. The summed E-state index contributed by atoms with van der Waals surface area (Å²) < 4.78 is 0. The quantitative estimate of drug-likeness (QED) is 0.376. The summed E-state index contributed by atoms with van der Waals surface area (Å²) in [6, 6.07) is 4.12. The lowest BCUT2D eigenvalue weighted by atomic mass is 10.1. The Morgan fingerprint density at radius 1 is 1.62 bits per heavy atom. The van der Waals surface area contributed by atoms with Gasteiger partial charge < -0.3 is 15.9 Å². The number of hydrazone groups is 1. The number of nitrogens with one attached hydrogen (secondary N) is 1. The summed E-state index contributed by atoms with van der Waals surface area (Å²) in [4.78, 5) is 10.7. The van der Waals surface area contributed by atoms with Crippen LogP contribution in [0, 0.1) is 0 Å². The second kappa shape index (κ2) is 5.08. The second-order valence-electron chi connectivity index (χ2n) is 2.76. The predicted octanol–water partition coefficient (Wildman–Crippen LogP) is -0.375. The molecular formula is C9H8N3O3S-. The van der Waals surface area contributed by atoms with Crippen LogP contribution in [0.15, 0.2) is 23.3 Å². The molecule has 16 heavy (non-hydrogen) atoms. The van der Waals surface area contributed by atoms with E-state index in [1.165, 1.54) is 18.2 Å². The fourth-order valence-electron chi connectivity index (χ4n) is 0.990. The van der Waals surface area contributed by atoms with Crippen LogP contribution in [0.5, 0.6) is 5.75 Å². The smallest absolute Gasteiger partial charge is 0.335 e. The Hall–Kier alpha value is -2.15. The van der Waals surface area contributed by atoms with Crippen LogP contribution in [-0.4, -0.2) is 22.4 Å². The zero-order valence-corrected chi connectivity index (χ0v) is 8.82. The summed E-state index contributed by atoms with van der Waals surface area (Å²) in [7, 11) is 0. The molecule has 6 nitrogen and oxygen atoms in total. The molecule has 0 aliphatic heterocycles. The number of rotatable bonds is 3. The Morgan fingerprint density at radius 3 is 2.88 bits per heavy atom. The molecule has 0 radical (unpaired) electrons. The van der Waals surface area contributed by atoms with E-state index in [1.54, 1.807) is 0 Å². The first-order valence-electron chi connectivity index (χ1n) is 4.14. The lowest BCUT2D eigenvalue weighted by Gasteiger charge is -2.12. The summed E-state index contributed by atoms with van der Waals surface area (Å²) in [6.07, 6.45) is 1.16. The largest absolute Gasteiger partial charge is 0.871 e. The van der Waals surface area contributed by atoms with Crippen LogP contribution in [0.4, 0.5) is 0 Å². The molecular weight excluding hydrogens is 230 g/mol. The Labute approximate surface area is 96.4 Å². The maximum absolute atomic E-state index is 11.5. The van der Waals surface area contributed by atoms with Crippen molar-refractivity contribution < 1.29 is 15.0 Å². The highest BCUT2D eigenvalue weighted by molar-refractivity contribution is 7.80. The third kappa shape index (κ3) is 2.92. The highest BCUT2D eigenvalue weighted by atomic mass is 32.1. The number of carboxylic acids is 1. The van der Waals surface area contributed by atoms with Crippen molar-refractivity contribution in [2.75, 3.05) is 0 Å². The molecule has 0 aliphatic rings. The molecule has 0 spiro atoms. The molecule has 7 heteroatoms. The topological polar surface area (TPSA) is 111 Å². The number of nitrogens with two attached hydrogens (primary N) is 1. The highest BCUT2D eigenvalue weighted by Crippen LogP contribution is 2.17. The molecule has 1 aromatic rings. The van der Waals surface area contributed by atoms with Crippen LogP contribution in [0.25, 0.3) is 0 Å². The van der Waals surface area contributed by atoms with E-state index in [0.717, 1.165) is 6.21 Å². The van der Waals surface area contributed by atoms with Crippen molar-refractivity contribution in [3.05, 3.63) is 29.3 Å². The van der Waals surface area contributed by atoms with Crippen molar-refractivity contribution in [1.29, 1.82) is 0 Å². The van der Waals surface area contributed by atoms with Crippen molar-refractivity contribution in [3.63, 3.8) is 0 Å². The zero-order valence-electron chi connectivity index (χ0n) is 8.01. The van der Waals surface area contributed by atoms with Crippen LogP contribution < -0.4 is 16.3 Å². The van der Waals surface area contributed by atoms with Gasteiger partial charge in [-0.05, 0) is 23.8 Å². The van der Waals surface area contributed by atoms with Gasteiger partial charge in [0.15, 0.2) is 5.11 Å². The number of hydrogen-bond acceptors (Lipinski definition) is 4. The number of nitrogens with zero attached hydrogens (tertiary/aromatic N) is 1. The van der Waals surface area contributed by atoms with Gasteiger partial charge in [-0.15, -0.1) is 0 Å². The first-order chi connectivity index (χ1) is 7.52. The van der Waals surface area contributed by atoms with Gasteiger partial charge in [0.2, 0.25) is 0 Å². The van der Waals surface area contributed by atoms with Crippen molar-refractivity contribution >= 4 is 29.5 Å². The molecule has 0 fully saturated rings. The molecule has 4 N–H and O–H groups in total. The van der Waals surface area contributed by atoms with Crippen molar-refractivity contribution in [3.8, 4) is 5.75 Å². The normalized spacial score (nSPS) is 10.2. The van der Waals surface area contributed by atoms with Crippen LogP contribution in [-0.2, 0) is 0 Å². The van der Waals surface area contributed by atoms with Gasteiger partial charge in [-0.3, -0.25) is 5.43 Å². The van der Waals surface area contributed by atoms with Gasteiger partial charge in [-0.1, -0.05) is 17.9 Å². The molecule has 0 saturated heterocycles. The summed E-state index contributed by atoms with van der Waals surface area (Å²) >= 11 is 4.49. The minimum Gasteiger partial charge on any atom is -0.871 e. The lowest BCUT2D eigenvalue weighted by Crippen LogP contribution is -2.24.